The summed E-state index contributed by atoms with van der Waals surface area (Å²) in [7, 11) is 0. The molecular weight excluding hydrogens is 482 g/mol. The Bertz CT molecular complexity index is 1180. The number of aryl methyl sites for hydroxylation is 1. The zero-order valence-electron chi connectivity index (χ0n) is 17.9. The molecule has 9 nitrogen and oxygen atoms in total. The number of amides is 2. The number of thiazole rings is 1. The highest BCUT2D eigenvalue weighted by Crippen LogP contribution is 2.33. The lowest BCUT2D eigenvalue weighted by atomic mass is 9.78. The molecule has 0 bridgehead atoms. The molecule has 1 aliphatic carbocycles. The van der Waals surface area contributed by atoms with Crippen LogP contribution in [0, 0.1) is 11.8 Å². The van der Waals surface area contributed by atoms with Gasteiger partial charge in [-0.1, -0.05) is 42.9 Å². The van der Waals surface area contributed by atoms with E-state index in [0.29, 0.717) is 23.7 Å². The van der Waals surface area contributed by atoms with Gasteiger partial charge < -0.3 is 10.4 Å². The molecule has 0 aliphatic heterocycles. The number of nitrogens with zero attached hydrogens (tertiary/aromatic N) is 3. The van der Waals surface area contributed by atoms with E-state index >= 15 is 0 Å². The number of nitrogens with one attached hydrogen (secondary N) is 2. The van der Waals surface area contributed by atoms with E-state index in [1.54, 1.807) is 6.07 Å². The van der Waals surface area contributed by atoms with Crippen LogP contribution in [0.2, 0.25) is 0 Å². The Balaban J connectivity index is 1.36. The van der Waals surface area contributed by atoms with Gasteiger partial charge in [-0.15, -0.1) is 21.5 Å². The Morgan fingerprint density at radius 3 is 2.64 bits per heavy atom. The number of rotatable bonds is 8. The zero-order valence-corrected chi connectivity index (χ0v) is 20.3. The molecule has 1 saturated carbocycles. The Hall–Kier alpha value is -2.57. The molecule has 2 atom stereocenters. The third kappa shape index (κ3) is 5.87. The van der Waals surface area contributed by atoms with Crippen molar-refractivity contribution in [1.29, 1.82) is 0 Å². The second-order valence-corrected chi connectivity index (χ2v) is 11.0. The first-order valence-corrected chi connectivity index (χ1v) is 13.2. The zero-order chi connectivity index (χ0) is 23.4. The van der Waals surface area contributed by atoms with Crippen LogP contribution in [0.5, 0.6) is 0 Å². The molecule has 0 spiro atoms. The minimum Gasteiger partial charge on any atom is -0.481 e. The fourth-order valence-corrected chi connectivity index (χ4v) is 6.35. The summed E-state index contributed by atoms with van der Waals surface area (Å²) in [6.07, 6.45) is 3.60. The fourth-order valence-electron chi connectivity index (χ4n) is 3.75. The number of thioether (sulfide) groups is 1. The standard InChI is InChI=1S/C21H23N5O4S3/c1-2-17-25-26-20(33-17)24-16(27)10-31-21-23-14-8-7-11(9-15(14)32-21)22-18(28)12-5-3-4-6-13(12)19(29)30/h7-9,12-13H,2-6,10H2,1H3,(H,22,28)(H,29,30)(H,24,26,27)/t12-,13-/m0/s1. The molecule has 174 valence electrons. The number of benzene rings is 1. The smallest absolute Gasteiger partial charge is 0.307 e. The average molecular weight is 506 g/mol. The second-order valence-electron chi connectivity index (χ2n) is 7.68. The first kappa shape index (κ1) is 23.6. The maximum Gasteiger partial charge on any atom is 0.307 e. The van der Waals surface area contributed by atoms with Crippen molar-refractivity contribution < 1.29 is 19.5 Å². The number of aliphatic carboxylic acids is 1. The number of aromatic nitrogens is 3. The van der Waals surface area contributed by atoms with Crippen LogP contribution in [0.4, 0.5) is 10.8 Å². The first-order valence-electron chi connectivity index (χ1n) is 10.6. The van der Waals surface area contributed by atoms with Crippen molar-refractivity contribution in [3.05, 3.63) is 23.2 Å². The largest absolute Gasteiger partial charge is 0.481 e. The van der Waals surface area contributed by atoms with Gasteiger partial charge in [-0.05, 0) is 37.5 Å². The number of anilines is 2. The van der Waals surface area contributed by atoms with Crippen LogP contribution in [0.25, 0.3) is 10.2 Å². The van der Waals surface area contributed by atoms with Gasteiger partial charge in [0.2, 0.25) is 16.9 Å². The Labute approximate surface area is 202 Å². The SMILES string of the molecule is CCc1nnc(NC(=O)CSc2nc3ccc(NC(=O)[C@H]4CCCC[C@@H]4C(=O)O)cc3s2)s1. The van der Waals surface area contributed by atoms with Gasteiger partial charge in [-0.2, -0.15) is 0 Å². The van der Waals surface area contributed by atoms with Crippen molar-refractivity contribution in [3.8, 4) is 0 Å². The third-order valence-corrected chi connectivity index (χ3v) is 8.54. The minimum atomic E-state index is -0.907. The summed E-state index contributed by atoms with van der Waals surface area (Å²) in [5.41, 5.74) is 1.39. The monoisotopic (exact) mass is 505 g/mol. The number of carbonyl (C=O) groups is 3. The molecule has 2 amide bonds. The van der Waals surface area contributed by atoms with Gasteiger partial charge in [-0.25, -0.2) is 4.98 Å². The number of carboxylic acid groups (broad SMARTS) is 1. The molecule has 1 aromatic carbocycles. The normalized spacial score (nSPS) is 18.2. The van der Waals surface area contributed by atoms with Crippen LogP contribution in [0.3, 0.4) is 0 Å². The summed E-state index contributed by atoms with van der Waals surface area (Å²) >= 11 is 4.13. The van der Waals surface area contributed by atoms with E-state index in [0.717, 1.165) is 38.8 Å². The van der Waals surface area contributed by atoms with Crippen LogP contribution in [0.1, 0.15) is 37.6 Å². The predicted octanol–water partition coefficient (Wildman–Crippen LogP) is 4.27. The van der Waals surface area contributed by atoms with Crippen molar-refractivity contribution in [2.24, 2.45) is 11.8 Å². The van der Waals surface area contributed by atoms with E-state index in [-0.39, 0.29) is 17.6 Å². The summed E-state index contributed by atoms with van der Waals surface area (Å²) in [6.45, 7) is 1.98. The molecule has 3 aromatic rings. The summed E-state index contributed by atoms with van der Waals surface area (Å²) in [5.74, 6) is -2.28. The van der Waals surface area contributed by atoms with Crippen LogP contribution >= 0.6 is 34.4 Å². The number of carbonyl (C=O) groups excluding carboxylic acids is 2. The molecule has 2 aromatic heterocycles. The van der Waals surface area contributed by atoms with Crippen molar-refractivity contribution in [1.82, 2.24) is 15.2 Å². The van der Waals surface area contributed by atoms with Crippen LogP contribution in [-0.2, 0) is 20.8 Å². The molecule has 0 radical (unpaired) electrons. The molecule has 3 N–H and O–H groups in total. The Morgan fingerprint density at radius 2 is 1.91 bits per heavy atom. The van der Waals surface area contributed by atoms with Gasteiger partial charge in [0.05, 0.1) is 27.8 Å². The van der Waals surface area contributed by atoms with Crippen LogP contribution in [-0.4, -0.2) is 43.8 Å². The van der Waals surface area contributed by atoms with Crippen LogP contribution in [0.15, 0.2) is 22.5 Å². The molecule has 0 saturated heterocycles. The first-order chi connectivity index (χ1) is 15.9. The minimum absolute atomic E-state index is 0.175. The fraction of sp³-hybridized carbons (Fsp3) is 0.429. The lowest BCUT2D eigenvalue weighted by Crippen LogP contribution is -2.36. The number of hydrogen-bond acceptors (Lipinski definition) is 9. The average Bonchev–Trinajstić information content (AvgIpc) is 3.43. The third-order valence-electron chi connectivity index (χ3n) is 5.40. The molecule has 12 heteroatoms. The molecule has 2 heterocycles. The maximum atomic E-state index is 12.7. The van der Waals surface area contributed by atoms with Crippen molar-refractivity contribution in [2.45, 2.75) is 43.4 Å². The van der Waals surface area contributed by atoms with Gasteiger partial charge >= 0.3 is 5.97 Å². The van der Waals surface area contributed by atoms with Gasteiger partial charge in [0.1, 0.15) is 5.01 Å². The summed E-state index contributed by atoms with van der Waals surface area (Å²) in [6, 6.07) is 5.41. The Kier molecular flexibility index (Phi) is 7.56. The molecule has 0 unspecified atom stereocenters. The maximum absolute atomic E-state index is 12.7. The molecule has 1 fully saturated rings. The molecule has 33 heavy (non-hydrogen) atoms. The van der Waals surface area contributed by atoms with E-state index in [9.17, 15) is 19.5 Å². The Morgan fingerprint density at radius 1 is 1.12 bits per heavy atom. The molecular formula is C21H23N5O4S3. The number of carboxylic acids is 1. The molecule has 1 aliphatic rings. The van der Waals surface area contributed by atoms with Gasteiger partial charge in [0.15, 0.2) is 4.34 Å². The van der Waals surface area contributed by atoms with Gasteiger partial charge in [0.25, 0.3) is 0 Å². The van der Waals surface area contributed by atoms with Crippen LogP contribution < -0.4 is 10.6 Å². The van der Waals surface area contributed by atoms with Crippen molar-refractivity contribution >= 4 is 73.3 Å². The number of hydrogen-bond donors (Lipinski definition) is 3. The molecule has 4 rings (SSSR count). The summed E-state index contributed by atoms with van der Waals surface area (Å²) in [5, 5.41) is 24.3. The summed E-state index contributed by atoms with van der Waals surface area (Å²) in [4.78, 5) is 41.0. The lowest BCUT2D eigenvalue weighted by molar-refractivity contribution is -0.147. The topological polar surface area (TPSA) is 134 Å². The summed E-state index contributed by atoms with van der Waals surface area (Å²) < 4.78 is 1.62. The highest BCUT2D eigenvalue weighted by Gasteiger charge is 2.35. The highest BCUT2D eigenvalue weighted by atomic mass is 32.2. The van der Waals surface area contributed by atoms with Crippen molar-refractivity contribution in [2.75, 3.05) is 16.4 Å². The predicted molar refractivity (Wildman–Crippen MR) is 130 cm³/mol. The highest BCUT2D eigenvalue weighted by molar-refractivity contribution is 8.01. The van der Waals surface area contributed by atoms with E-state index < -0.39 is 17.8 Å². The van der Waals surface area contributed by atoms with Crippen molar-refractivity contribution in [3.63, 3.8) is 0 Å². The van der Waals surface area contributed by atoms with E-state index in [4.69, 9.17) is 0 Å². The quantitative estimate of drug-likeness (QED) is 0.386. The van der Waals surface area contributed by atoms with E-state index in [2.05, 4.69) is 25.8 Å². The second kappa shape index (κ2) is 10.6. The lowest BCUT2D eigenvalue weighted by Gasteiger charge is -2.27. The number of fused-ring (bicyclic) bond motifs is 1. The van der Waals surface area contributed by atoms with Gasteiger partial charge in [0, 0.05) is 5.69 Å². The van der Waals surface area contributed by atoms with Gasteiger partial charge in [-0.3, -0.25) is 19.7 Å². The van der Waals surface area contributed by atoms with E-state index in [1.165, 1.54) is 34.4 Å². The van der Waals surface area contributed by atoms with E-state index in [1.807, 2.05) is 19.1 Å².